The van der Waals surface area contributed by atoms with Gasteiger partial charge in [0.2, 0.25) is 0 Å². The molecule has 7 nitrogen and oxygen atoms in total. The number of hydrogen-bond donors (Lipinski definition) is 1. The number of nitrogens with zero attached hydrogens (tertiary/aromatic N) is 3. The maximum absolute atomic E-state index is 12.5. The van der Waals surface area contributed by atoms with Crippen LogP contribution < -0.4 is 4.90 Å². The van der Waals surface area contributed by atoms with E-state index in [2.05, 4.69) is 23.8 Å². The zero-order chi connectivity index (χ0) is 20.6. The van der Waals surface area contributed by atoms with Gasteiger partial charge < -0.3 is 14.6 Å². The molecule has 7 heteroatoms. The van der Waals surface area contributed by atoms with E-state index in [9.17, 15) is 9.59 Å². The summed E-state index contributed by atoms with van der Waals surface area (Å²) in [6, 6.07) is 5.78. The number of amides is 2. The van der Waals surface area contributed by atoms with E-state index in [0.717, 1.165) is 27.8 Å². The summed E-state index contributed by atoms with van der Waals surface area (Å²) in [5.74, 6) is -0.870. The number of fused-ring (bicyclic) bond motifs is 3. The van der Waals surface area contributed by atoms with Crippen LogP contribution in [0.15, 0.2) is 23.2 Å². The van der Waals surface area contributed by atoms with Crippen LogP contribution in [0.2, 0.25) is 0 Å². The van der Waals surface area contributed by atoms with Gasteiger partial charge in [-0.05, 0) is 24.6 Å². The standard InChI is InChI=1S/C21H28N4O3/c1-7-28-19(26)15-11-22-12-21(2,3)17-14-9-8-13(10-16(14)23-18(15)17)25(6)20(27)24(4)5/h8-11,15,23H,7,12H2,1-6H3. The van der Waals surface area contributed by atoms with Gasteiger partial charge in [-0.2, -0.15) is 0 Å². The third kappa shape index (κ3) is 3.37. The Morgan fingerprint density at radius 2 is 2.00 bits per heavy atom. The lowest BCUT2D eigenvalue weighted by Crippen LogP contribution is -2.36. The first-order chi connectivity index (χ1) is 13.2. The number of rotatable bonds is 3. The quantitative estimate of drug-likeness (QED) is 0.825. The van der Waals surface area contributed by atoms with E-state index in [1.807, 2.05) is 18.2 Å². The fourth-order valence-electron chi connectivity index (χ4n) is 3.74. The number of aliphatic imine (C=N–C) groups is 1. The van der Waals surface area contributed by atoms with Crippen LogP contribution in [-0.2, 0) is 14.9 Å². The molecular formula is C21H28N4O3. The van der Waals surface area contributed by atoms with E-state index in [4.69, 9.17) is 4.74 Å². The van der Waals surface area contributed by atoms with Crippen LogP contribution in [0.5, 0.6) is 0 Å². The predicted octanol–water partition coefficient (Wildman–Crippen LogP) is 3.29. The van der Waals surface area contributed by atoms with Gasteiger partial charge in [0.15, 0.2) is 0 Å². The monoisotopic (exact) mass is 384 g/mol. The Bertz CT molecular complexity index is 943. The van der Waals surface area contributed by atoms with E-state index >= 15 is 0 Å². The van der Waals surface area contributed by atoms with Crippen LogP contribution in [0.1, 0.15) is 37.9 Å². The molecule has 1 atom stereocenters. The van der Waals surface area contributed by atoms with Gasteiger partial charge in [0, 0.05) is 61.6 Å². The molecule has 0 saturated carbocycles. The average molecular weight is 384 g/mol. The smallest absolute Gasteiger partial charge is 0.323 e. The third-order valence-corrected chi connectivity index (χ3v) is 5.14. The highest BCUT2D eigenvalue weighted by atomic mass is 16.5. The van der Waals surface area contributed by atoms with E-state index < -0.39 is 5.92 Å². The van der Waals surface area contributed by atoms with Crippen LogP contribution in [0.4, 0.5) is 10.5 Å². The summed E-state index contributed by atoms with van der Waals surface area (Å²) in [4.78, 5) is 35.9. The van der Waals surface area contributed by atoms with Gasteiger partial charge in [-0.3, -0.25) is 14.7 Å². The molecule has 28 heavy (non-hydrogen) atoms. The van der Waals surface area contributed by atoms with Crippen molar-refractivity contribution in [3.63, 3.8) is 0 Å². The maximum atomic E-state index is 12.5. The molecule has 2 amide bonds. The summed E-state index contributed by atoms with van der Waals surface area (Å²) in [7, 11) is 5.19. The number of carbonyl (C=O) groups is 2. The molecule has 0 fully saturated rings. The Labute approximate surface area is 165 Å². The number of ether oxygens (including phenoxy) is 1. The third-order valence-electron chi connectivity index (χ3n) is 5.14. The second-order valence-electron chi connectivity index (χ2n) is 7.98. The van der Waals surface area contributed by atoms with Crippen molar-refractivity contribution in [1.29, 1.82) is 0 Å². The Balaban J connectivity index is 2.15. The number of aromatic amines is 1. The molecule has 1 unspecified atom stereocenters. The fraction of sp³-hybridized carbons (Fsp3) is 0.476. The lowest BCUT2D eigenvalue weighted by Gasteiger charge is -2.24. The number of esters is 1. The Morgan fingerprint density at radius 1 is 1.29 bits per heavy atom. The number of H-pyrrole nitrogens is 1. The molecule has 150 valence electrons. The molecule has 2 aromatic rings. The minimum Gasteiger partial charge on any atom is -0.465 e. The van der Waals surface area contributed by atoms with Crippen molar-refractivity contribution in [3.05, 3.63) is 29.5 Å². The summed E-state index contributed by atoms with van der Waals surface area (Å²) in [5.41, 5.74) is 3.32. The summed E-state index contributed by atoms with van der Waals surface area (Å²) in [6.07, 6.45) is 1.68. The van der Waals surface area contributed by atoms with Crippen molar-refractivity contribution in [2.24, 2.45) is 4.99 Å². The molecule has 0 spiro atoms. The Morgan fingerprint density at radius 3 is 2.64 bits per heavy atom. The Hall–Kier alpha value is -2.83. The van der Waals surface area contributed by atoms with Crippen LogP contribution in [0.3, 0.4) is 0 Å². The number of hydrogen-bond acceptors (Lipinski definition) is 4. The summed E-state index contributed by atoms with van der Waals surface area (Å²) < 4.78 is 5.27. The molecule has 1 aliphatic heterocycles. The zero-order valence-corrected chi connectivity index (χ0v) is 17.4. The number of carbonyl (C=O) groups excluding carboxylic acids is 2. The van der Waals surface area contributed by atoms with Crippen molar-refractivity contribution >= 4 is 34.8 Å². The van der Waals surface area contributed by atoms with Gasteiger partial charge in [-0.1, -0.05) is 19.9 Å². The zero-order valence-electron chi connectivity index (χ0n) is 17.4. The highest BCUT2D eigenvalue weighted by Crippen LogP contribution is 2.40. The Kier molecular flexibility index (Phi) is 5.19. The lowest BCUT2D eigenvalue weighted by molar-refractivity contribution is -0.143. The molecule has 0 radical (unpaired) electrons. The van der Waals surface area contributed by atoms with Crippen molar-refractivity contribution in [2.75, 3.05) is 39.2 Å². The average Bonchev–Trinajstić information content (AvgIpc) is 2.96. The summed E-state index contributed by atoms with van der Waals surface area (Å²) in [5, 5.41) is 1.04. The van der Waals surface area contributed by atoms with Crippen molar-refractivity contribution in [1.82, 2.24) is 9.88 Å². The second kappa shape index (κ2) is 7.30. The van der Waals surface area contributed by atoms with Crippen LogP contribution >= 0.6 is 0 Å². The molecule has 1 N–H and O–H groups in total. The van der Waals surface area contributed by atoms with E-state index in [0.29, 0.717) is 13.2 Å². The maximum Gasteiger partial charge on any atom is 0.323 e. The number of nitrogens with one attached hydrogen (secondary N) is 1. The van der Waals surface area contributed by atoms with Gasteiger partial charge in [-0.25, -0.2) is 4.79 Å². The number of urea groups is 1. The first-order valence-corrected chi connectivity index (χ1v) is 9.45. The molecular weight excluding hydrogens is 356 g/mol. The van der Waals surface area contributed by atoms with E-state index in [1.54, 1.807) is 39.2 Å². The topological polar surface area (TPSA) is 78.0 Å². The van der Waals surface area contributed by atoms with E-state index in [1.165, 1.54) is 4.90 Å². The van der Waals surface area contributed by atoms with Gasteiger partial charge in [-0.15, -0.1) is 0 Å². The second-order valence-corrected chi connectivity index (χ2v) is 7.98. The molecule has 0 aliphatic carbocycles. The molecule has 1 aromatic heterocycles. The minimum absolute atomic E-state index is 0.107. The number of anilines is 1. The minimum atomic E-state index is -0.561. The summed E-state index contributed by atoms with van der Waals surface area (Å²) in [6.45, 7) is 6.96. The SMILES string of the molecule is CCOC(=O)C1C=NCC(C)(C)c2c1[nH]c1cc(N(C)C(=O)N(C)C)ccc21. The first kappa shape index (κ1) is 19.9. The molecule has 1 aliphatic rings. The molecule has 3 rings (SSSR count). The van der Waals surface area contributed by atoms with Gasteiger partial charge >= 0.3 is 12.0 Å². The van der Waals surface area contributed by atoms with Crippen LogP contribution in [-0.4, -0.2) is 62.4 Å². The fourth-order valence-corrected chi connectivity index (χ4v) is 3.74. The first-order valence-electron chi connectivity index (χ1n) is 9.45. The predicted molar refractivity (Wildman–Crippen MR) is 112 cm³/mol. The van der Waals surface area contributed by atoms with Gasteiger partial charge in [0.25, 0.3) is 0 Å². The van der Waals surface area contributed by atoms with Gasteiger partial charge in [0.1, 0.15) is 5.92 Å². The largest absolute Gasteiger partial charge is 0.465 e. The van der Waals surface area contributed by atoms with Crippen LogP contribution in [0, 0.1) is 0 Å². The highest BCUT2D eigenvalue weighted by molar-refractivity contribution is 6.01. The molecule has 0 bridgehead atoms. The normalized spacial score (nSPS) is 17.7. The molecule has 0 saturated heterocycles. The van der Waals surface area contributed by atoms with Crippen molar-refractivity contribution < 1.29 is 14.3 Å². The van der Waals surface area contributed by atoms with Crippen LogP contribution in [0.25, 0.3) is 10.9 Å². The highest BCUT2D eigenvalue weighted by Gasteiger charge is 2.35. The molecule has 1 aromatic carbocycles. The number of benzene rings is 1. The number of aromatic nitrogens is 1. The van der Waals surface area contributed by atoms with E-state index in [-0.39, 0.29) is 17.4 Å². The van der Waals surface area contributed by atoms with Crippen molar-refractivity contribution in [3.8, 4) is 0 Å². The molecule has 2 heterocycles. The van der Waals surface area contributed by atoms with Crippen molar-refractivity contribution in [2.45, 2.75) is 32.1 Å². The summed E-state index contributed by atoms with van der Waals surface area (Å²) >= 11 is 0. The van der Waals surface area contributed by atoms with Gasteiger partial charge in [0.05, 0.1) is 6.61 Å². The lowest BCUT2D eigenvalue weighted by atomic mass is 9.81.